The first-order valence-corrected chi connectivity index (χ1v) is 16.9. The van der Waals surface area contributed by atoms with E-state index in [1.807, 2.05) is 24.9 Å². The first-order chi connectivity index (χ1) is 23.2. The number of likely N-dealkylation sites (tertiary alicyclic amines) is 1. The summed E-state index contributed by atoms with van der Waals surface area (Å²) in [6, 6.07) is 15.7. The summed E-state index contributed by atoms with van der Waals surface area (Å²) in [6.07, 6.45) is 7.75. The number of nitrogens with zero attached hydrogens (tertiary/aromatic N) is 3. The third-order valence-corrected chi connectivity index (χ3v) is 10.7. The van der Waals surface area contributed by atoms with Gasteiger partial charge in [-0.1, -0.05) is 62.4 Å². The Morgan fingerprint density at radius 1 is 0.854 bits per heavy atom. The van der Waals surface area contributed by atoms with Gasteiger partial charge in [-0.2, -0.15) is 0 Å². The summed E-state index contributed by atoms with van der Waals surface area (Å²) in [5.41, 5.74) is 5.92. The molecule has 2 amide bonds. The first kappa shape index (κ1) is 31.7. The van der Waals surface area contributed by atoms with Crippen LogP contribution in [0.15, 0.2) is 60.9 Å². The Morgan fingerprint density at radius 3 is 2.00 bits per heavy atom. The second-order valence-corrected chi connectivity index (χ2v) is 13.8. The van der Waals surface area contributed by atoms with E-state index in [2.05, 4.69) is 73.8 Å². The summed E-state index contributed by atoms with van der Waals surface area (Å²) in [5.74, 6) is 0.886. The molecule has 11 heteroatoms. The van der Waals surface area contributed by atoms with E-state index in [4.69, 9.17) is 4.74 Å². The van der Waals surface area contributed by atoms with Gasteiger partial charge in [0.15, 0.2) is 0 Å². The Morgan fingerprint density at radius 2 is 1.42 bits per heavy atom. The summed E-state index contributed by atoms with van der Waals surface area (Å²) in [6.45, 7) is 4.41. The third-order valence-electron chi connectivity index (χ3n) is 10.7. The van der Waals surface area contributed by atoms with Gasteiger partial charge < -0.3 is 30.0 Å². The van der Waals surface area contributed by atoms with Crippen molar-refractivity contribution in [3.8, 4) is 33.6 Å². The second kappa shape index (κ2) is 12.9. The molecule has 2 aliphatic carbocycles. The van der Waals surface area contributed by atoms with Crippen molar-refractivity contribution >= 4 is 18.0 Å². The van der Waals surface area contributed by atoms with Gasteiger partial charge in [0.1, 0.15) is 17.7 Å². The van der Waals surface area contributed by atoms with Crippen LogP contribution >= 0.6 is 0 Å². The molecule has 1 saturated heterocycles. The lowest BCUT2D eigenvalue weighted by Gasteiger charge is -2.30. The lowest BCUT2D eigenvalue weighted by molar-refractivity contribution is -0.144. The number of hydrogen-bond donors (Lipinski definition) is 4. The molecule has 7 rings (SSSR count). The van der Waals surface area contributed by atoms with Gasteiger partial charge in [-0.05, 0) is 72.1 Å². The number of nitrogens with one attached hydrogen (secondary N) is 3. The molecule has 3 aliphatic rings. The molecule has 3 fully saturated rings. The van der Waals surface area contributed by atoms with E-state index in [1.54, 1.807) is 6.20 Å². The summed E-state index contributed by atoms with van der Waals surface area (Å²) in [7, 11) is 1.29. The quantitative estimate of drug-likeness (QED) is 0.164. The minimum absolute atomic E-state index is 0.0362. The molecule has 3 heterocycles. The summed E-state index contributed by atoms with van der Waals surface area (Å²) >= 11 is 0. The number of aliphatic carboxylic acids is 1. The number of ether oxygens (including phenoxy) is 1. The Labute approximate surface area is 279 Å². The lowest BCUT2D eigenvalue weighted by Crippen LogP contribution is -2.51. The van der Waals surface area contributed by atoms with Crippen LogP contribution in [0.4, 0.5) is 4.79 Å². The van der Waals surface area contributed by atoms with Crippen molar-refractivity contribution in [2.24, 2.45) is 23.7 Å². The van der Waals surface area contributed by atoms with Gasteiger partial charge in [0, 0.05) is 12.5 Å². The molecule has 2 saturated carbocycles. The zero-order valence-corrected chi connectivity index (χ0v) is 27.5. The van der Waals surface area contributed by atoms with Crippen LogP contribution in [0.3, 0.4) is 0 Å². The zero-order valence-electron chi connectivity index (χ0n) is 27.5. The fourth-order valence-corrected chi connectivity index (χ4v) is 8.22. The lowest BCUT2D eigenvalue weighted by atomic mass is 9.79. The average Bonchev–Trinajstić information content (AvgIpc) is 3.94. The van der Waals surface area contributed by atoms with Crippen molar-refractivity contribution in [3.05, 3.63) is 72.6 Å². The number of carboxylic acids is 1. The molecule has 2 bridgehead atoms. The largest absolute Gasteiger partial charge is 0.481 e. The third kappa shape index (κ3) is 5.86. The highest BCUT2D eigenvalue weighted by Gasteiger charge is 2.52. The van der Waals surface area contributed by atoms with Crippen molar-refractivity contribution in [1.29, 1.82) is 0 Å². The van der Waals surface area contributed by atoms with Gasteiger partial charge in [0.05, 0.1) is 42.9 Å². The van der Waals surface area contributed by atoms with Gasteiger partial charge in [-0.15, -0.1) is 0 Å². The van der Waals surface area contributed by atoms with E-state index < -0.39 is 18.1 Å². The highest BCUT2D eigenvalue weighted by atomic mass is 16.5. The van der Waals surface area contributed by atoms with Crippen LogP contribution < -0.4 is 5.32 Å². The van der Waals surface area contributed by atoms with Crippen LogP contribution in [-0.2, 0) is 14.3 Å². The molecule has 4 N–H and O–H groups in total. The number of carbonyl (C=O) groups is 3. The van der Waals surface area contributed by atoms with Crippen molar-refractivity contribution in [2.75, 3.05) is 13.7 Å². The topological polar surface area (TPSA) is 153 Å². The normalized spacial score (nSPS) is 23.8. The maximum Gasteiger partial charge on any atom is 0.407 e. The molecule has 250 valence electrons. The molecule has 11 nitrogen and oxygen atoms in total. The predicted molar refractivity (Wildman–Crippen MR) is 180 cm³/mol. The Hall–Kier alpha value is -4.93. The SMILES string of the molecule is COC(=O)N[C@H](C(=O)N1CCC[C@H]1c1ncc(-c2ccc(-c3ccc(-c4cnc(C5C6CCC(C6)[C@@H]5C(=O)O)[nH]4)cc3)cc2)[nH]1)C(C)C. The molecule has 3 unspecified atom stereocenters. The number of H-pyrrole nitrogens is 2. The maximum absolute atomic E-state index is 13.5. The van der Waals surface area contributed by atoms with Crippen LogP contribution in [0.25, 0.3) is 33.6 Å². The summed E-state index contributed by atoms with van der Waals surface area (Å²) in [4.78, 5) is 55.4. The Kier molecular flexibility index (Phi) is 8.53. The maximum atomic E-state index is 13.5. The van der Waals surface area contributed by atoms with Crippen molar-refractivity contribution in [1.82, 2.24) is 30.2 Å². The van der Waals surface area contributed by atoms with Gasteiger partial charge in [0.2, 0.25) is 5.91 Å². The van der Waals surface area contributed by atoms with Gasteiger partial charge in [-0.3, -0.25) is 9.59 Å². The highest BCUT2D eigenvalue weighted by molar-refractivity contribution is 5.86. The molecular formula is C37H42N6O5. The van der Waals surface area contributed by atoms with Gasteiger partial charge >= 0.3 is 12.1 Å². The van der Waals surface area contributed by atoms with Gasteiger partial charge in [0.25, 0.3) is 0 Å². The average molecular weight is 651 g/mol. The number of carboxylic acid groups (broad SMARTS) is 1. The molecule has 2 aromatic carbocycles. The summed E-state index contributed by atoms with van der Waals surface area (Å²) in [5, 5.41) is 12.6. The number of hydrogen-bond acceptors (Lipinski definition) is 6. The first-order valence-electron chi connectivity index (χ1n) is 16.9. The Bertz CT molecular complexity index is 1790. The monoisotopic (exact) mass is 650 g/mol. The van der Waals surface area contributed by atoms with Gasteiger partial charge in [-0.25, -0.2) is 14.8 Å². The summed E-state index contributed by atoms with van der Waals surface area (Å²) < 4.78 is 4.74. The smallest absolute Gasteiger partial charge is 0.407 e. The molecule has 48 heavy (non-hydrogen) atoms. The zero-order chi connectivity index (χ0) is 33.5. The number of rotatable bonds is 9. The number of imidazole rings is 2. The molecule has 4 aromatic rings. The van der Waals surface area contributed by atoms with Crippen LogP contribution in [0, 0.1) is 23.7 Å². The van der Waals surface area contributed by atoms with Crippen molar-refractivity contribution in [3.63, 3.8) is 0 Å². The molecule has 1 aliphatic heterocycles. The number of amides is 2. The van der Waals surface area contributed by atoms with E-state index in [0.29, 0.717) is 12.5 Å². The number of fused-ring (bicyclic) bond motifs is 2. The number of aromatic amines is 2. The molecule has 0 radical (unpaired) electrons. The van der Waals surface area contributed by atoms with Crippen LogP contribution in [-0.4, -0.2) is 67.6 Å². The fraction of sp³-hybridized carbons (Fsp3) is 0.432. The number of benzene rings is 2. The highest BCUT2D eigenvalue weighted by Crippen LogP contribution is 2.56. The van der Waals surface area contributed by atoms with Crippen LogP contribution in [0.5, 0.6) is 0 Å². The predicted octanol–water partition coefficient (Wildman–Crippen LogP) is 6.39. The van der Waals surface area contributed by atoms with E-state index in [0.717, 1.165) is 77.4 Å². The number of alkyl carbamates (subject to hydrolysis) is 1. The fourth-order valence-electron chi connectivity index (χ4n) is 8.22. The number of methoxy groups -OCH3 is 1. The minimum Gasteiger partial charge on any atom is -0.481 e. The van der Waals surface area contributed by atoms with Crippen molar-refractivity contribution < 1.29 is 24.2 Å². The van der Waals surface area contributed by atoms with E-state index in [9.17, 15) is 19.5 Å². The standard InChI is InChI=1S/C37H42N6O5/c1-20(2)32(42-37(47)48-3)35(44)43-16-4-5-29(43)33-38-18-27(40-33)23-10-6-21(7-11-23)22-8-12-24(13-9-22)28-19-39-34(41-28)30-25-14-15-26(17-25)31(30)36(45)46/h6-13,18-20,25-26,29-32H,4-5,14-17H2,1-3H3,(H,38,40)(H,39,41)(H,42,47)(H,45,46)/t25?,26?,29-,30?,31-,32-/m0/s1. The van der Waals surface area contributed by atoms with Crippen molar-refractivity contribution in [2.45, 2.75) is 64.0 Å². The molecule has 0 spiro atoms. The minimum atomic E-state index is -0.702. The van der Waals surface area contributed by atoms with E-state index in [1.165, 1.54) is 7.11 Å². The van der Waals surface area contributed by atoms with Crippen LogP contribution in [0.1, 0.15) is 69.6 Å². The molecule has 2 aromatic heterocycles. The second-order valence-electron chi connectivity index (χ2n) is 13.8. The van der Waals surface area contributed by atoms with E-state index >= 15 is 0 Å². The number of aromatic nitrogens is 4. The molecule has 6 atom stereocenters. The van der Waals surface area contributed by atoms with Crippen LogP contribution in [0.2, 0.25) is 0 Å². The molecular weight excluding hydrogens is 608 g/mol. The van der Waals surface area contributed by atoms with E-state index in [-0.39, 0.29) is 35.6 Å². The Balaban J connectivity index is 1.02. The number of carbonyl (C=O) groups excluding carboxylic acids is 2.